The van der Waals surface area contributed by atoms with Crippen LogP contribution in [-0.2, 0) is 20.8 Å². The molecule has 5 heteroatoms. The molecule has 0 aromatic heterocycles. The van der Waals surface area contributed by atoms with E-state index in [2.05, 4.69) is 6.58 Å². The molecule has 1 rings (SSSR count). The van der Waals surface area contributed by atoms with Crippen molar-refractivity contribution in [3.05, 3.63) is 48.0 Å². The molecule has 0 radical (unpaired) electrons. The van der Waals surface area contributed by atoms with Crippen molar-refractivity contribution in [1.82, 2.24) is 4.90 Å². The second-order valence-electron chi connectivity index (χ2n) is 6.49. The number of ether oxygens (including phenoxy) is 2. The van der Waals surface area contributed by atoms with E-state index in [0.717, 1.165) is 5.56 Å². The zero-order valence-electron chi connectivity index (χ0n) is 15.0. The van der Waals surface area contributed by atoms with E-state index < -0.39 is 11.7 Å². The number of benzene rings is 1. The van der Waals surface area contributed by atoms with Crippen LogP contribution in [-0.4, -0.2) is 42.1 Å². The predicted octanol–water partition coefficient (Wildman–Crippen LogP) is 3.59. The molecule has 0 aliphatic heterocycles. The van der Waals surface area contributed by atoms with E-state index in [-0.39, 0.29) is 18.9 Å². The number of ketones is 1. The summed E-state index contributed by atoms with van der Waals surface area (Å²) in [5.74, 6) is -0.231. The minimum atomic E-state index is -0.628. The first-order chi connectivity index (χ1) is 11.2. The Bertz CT molecular complexity index is 560. The number of hydrogen-bond donors (Lipinski definition) is 0. The summed E-state index contributed by atoms with van der Waals surface area (Å²) in [7, 11) is 0. The predicted molar refractivity (Wildman–Crippen MR) is 93.7 cm³/mol. The molecule has 1 amide bonds. The summed E-state index contributed by atoms with van der Waals surface area (Å²) in [6.45, 7) is 11.8. The Morgan fingerprint density at radius 1 is 1.17 bits per heavy atom. The van der Waals surface area contributed by atoms with Gasteiger partial charge in [-0.2, -0.15) is 0 Å². The Labute approximate surface area is 144 Å². The number of carbonyl (C=O) groups excluding carboxylic acids is 2. The van der Waals surface area contributed by atoms with Gasteiger partial charge in [0, 0.05) is 18.7 Å². The van der Waals surface area contributed by atoms with Crippen molar-refractivity contribution in [1.29, 1.82) is 0 Å². The molecule has 0 spiro atoms. The van der Waals surface area contributed by atoms with E-state index in [1.165, 1.54) is 4.90 Å². The Morgan fingerprint density at radius 3 is 2.33 bits per heavy atom. The molecular weight excluding hydrogens is 306 g/mol. The average molecular weight is 333 g/mol. The normalized spacial score (nSPS) is 11.0. The lowest BCUT2D eigenvalue weighted by atomic mass is 10.1. The molecule has 24 heavy (non-hydrogen) atoms. The molecular formula is C19H27NO4. The van der Waals surface area contributed by atoms with Crippen LogP contribution >= 0.6 is 0 Å². The lowest BCUT2D eigenvalue weighted by Gasteiger charge is -2.27. The largest absolute Gasteiger partial charge is 0.444 e. The molecule has 1 aromatic carbocycles. The van der Waals surface area contributed by atoms with Gasteiger partial charge >= 0.3 is 6.09 Å². The quantitative estimate of drug-likeness (QED) is 0.682. The Morgan fingerprint density at radius 2 is 1.79 bits per heavy atom. The first kappa shape index (κ1) is 19.9. The van der Waals surface area contributed by atoms with Crippen molar-refractivity contribution in [3.8, 4) is 0 Å². The van der Waals surface area contributed by atoms with E-state index in [9.17, 15) is 9.59 Å². The van der Waals surface area contributed by atoms with Gasteiger partial charge in [0.25, 0.3) is 0 Å². The van der Waals surface area contributed by atoms with E-state index in [0.29, 0.717) is 18.7 Å². The van der Waals surface area contributed by atoms with Crippen molar-refractivity contribution in [3.63, 3.8) is 0 Å². The van der Waals surface area contributed by atoms with Crippen LogP contribution in [0.25, 0.3) is 0 Å². The van der Waals surface area contributed by atoms with Crippen LogP contribution in [0, 0.1) is 0 Å². The molecule has 0 heterocycles. The number of nitrogens with zero attached hydrogens (tertiary/aromatic N) is 1. The molecule has 0 unspecified atom stereocenters. The van der Waals surface area contributed by atoms with Gasteiger partial charge in [-0.3, -0.25) is 9.69 Å². The molecule has 1 aromatic rings. The monoisotopic (exact) mass is 333 g/mol. The summed E-state index contributed by atoms with van der Waals surface area (Å²) in [5, 5.41) is 0. The summed E-state index contributed by atoms with van der Waals surface area (Å²) >= 11 is 0. The number of amides is 1. The summed E-state index contributed by atoms with van der Waals surface area (Å²) in [4.78, 5) is 26.1. The smallest absolute Gasteiger partial charge is 0.411 e. The molecule has 132 valence electrons. The summed E-state index contributed by atoms with van der Waals surface area (Å²) in [6.07, 6.45) is -0.524. The molecule has 0 fully saturated rings. The number of rotatable bonds is 8. The van der Waals surface area contributed by atoms with Crippen LogP contribution in [0.1, 0.15) is 33.3 Å². The fourth-order valence-electron chi connectivity index (χ4n) is 1.91. The topological polar surface area (TPSA) is 55.8 Å². The molecule has 0 aliphatic carbocycles. The van der Waals surface area contributed by atoms with Crippen molar-refractivity contribution in [2.75, 3.05) is 19.8 Å². The third-order valence-corrected chi connectivity index (χ3v) is 3.08. The van der Waals surface area contributed by atoms with Gasteiger partial charge in [0.15, 0.2) is 5.78 Å². The highest BCUT2D eigenvalue weighted by Gasteiger charge is 2.24. The van der Waals surface area contributed by atoms with Gasteiger partial charge in [-0.05, 0) is 33.3 Å². The van der Waals surface area contributed by atoms with E-state index in [4.69, 9.17) is 9.47 Å². The van der Waals surface area contributed by atoms with Crippen molar-refractivity contribution in [2.45, 2.75) is 39.8 Å². The van der Waals surface area contributed by atoms with E-state index >= 15 is 0 Å². The first-order valence-corrected chi connectivity index (χ1v) is 8.03. The number of carbonyl (C=O) groups is 2. The molecule has 0 aliphatic rings. The van der Waals surface area contributed by atoms with Crippen LogP contribution < -0.4 is 0 Å². The summed E-state index contributed by atoms with van der Waals surface area (Å²) in [6, 6.07) is 9.47. The van der Waals surface area contributed by atoms with Gasteiger partial charge in [-0.25, -0.2) is 4.79 Å². The Balaban J connectivity index is 2.82. The summed E-state index contributed by atoms with van der Waals surface area (Å²) in [5.41, 5.74) is 0.641. The van der Waals surface area contributed by atoms with E-state index in [1.807, 2.05) is 37.3 Å². The maximum absolute atomic E-state index is 12.4. The lowest BCUT2D eigenvalue weighted by molar-refractivity contribution is -0.117. The highest BCUT2D eigenvalue weighted by molar-refractivity contribution is 5.97. The van der Waals surface area contributed by atoms with Gasteiger partial charge in [0.1, 0.15) is 5.60 Å². The molecule has 0 N–H and O–H groups in total. The van der Waals surface area contributed by atoms with Crippen LogP contribution in [0.5, 0.6) is 0 Å². The van der Waals surface area contributed by atoms with Crippen LogP contribution in [0.2, 0.25) is 0 Å². The van der Waals surface area contributed by atoms with Gasteiger partial charge in [0.2, 0.25) is 0 Å². The third-order valence-electron chi connectivity index (χ3n) is 3.08. The zero-order valence-corrected chi connectivity index (χ0v) is 15.0. The second-order valence-corrected chi connectivity index (χ2v) is 6.49. The molecule has 0 atom stereocenters. The maximum atomic E-state index is 12.4. The first-order valence-electron chi connectivity index (χ1n) is 8.03. The molecule has 0 saturated heterocycles. The fraction of sp³-hybridized carbons (Fsp3) is 0.474. The number of Topliss-reactive ketones (excluding diaryl/α,β-unsaturated/α-hetero) is 1. The van der Waals surface area contributed by atoms with Gasteiger partial charge < -0.3 is 9.47 Å². The average Bonchev–Trinajstić information content (AvgIpc) is 2.51. The summed E-state index contributed by atoms with van der Waals surface area (Å²) < 4.78 is 10.6. The molecule has 0 bridgehead atoms. The van der Waals surface area contributed by atoms with Crippen LogP contribution in [0.15, 0.2) is 42.5 Å². The van der Waals surface area contributed by atoms with Gasteiger partial charge in [0.05, 0.1) is 13.2 Å². The van der Waals surface area contributed by atoms with Crippen molar-refractivity contribution < 1.29 is 19.1 Å². The Kier molecular flexibility index (Phi) is 7.65. The van der Waals surface area contributed by atoms with Gasteiger partial charge in [-0.1, -0.05) is 36.9 Å². The third kappa shape index (κ3) is 7.42. The Hall–Kier alpha value is -2.14. The van der Waals surface area contributed by atoms with Crippen molar-refractivity contribution in [2.24, 2.45) is 0 Å². The minimum absolute atomic E-state index is 0.0876. The lowest BCUT2D eigenvalue weighted by Crippen LogP contribution is -2.40. The molecule has 5 nitrogen and oxygen atoms in total. The maximum Gasteiger partial charge on any atom is 0.411 e. The fourth-order valence-corrected chi connectivity index (χ4v) is 1.91. The highest BCUT2D eigenvalue weighted by atomic mass is 16.6. The van der Waals surface area contributed by atoms with Gasteiger partial charge in [-0.15, -0.1) is 0 Å². The zero-order chi connectivity index (χ0) is 18.2. The van der Waals surface area contributed by atoms with Crippen LogP contribution in [0.3, 0.4) is 0 Å². The highest BCUT2D eigenvalue weighted by Crippen LogP contribution is 2.13. The standard InChI is InChI=1S/C19H27NO4/c1-6-23-14-15(2)17(21)13-20(18(22)24-19(3,4)5)12-16-10-8-7-9-11-16/h7-11H,2,6,12-14H2,1,3-5H3. The number of hydrogen-bond acceptors (Lipinski definition) is 4. The van der Waals surface area contributed by atoms with Crippen molar-refractivity contribution >= 4 is 11.9 Å². The SMILES string of the molecule is C=C(COCC)C(=O)CN(Cc1ccccc1)C(=O)OC(C)(C)C. The molecule has 0 saturated carbocycles. The second kappa shape index (κ2) is 9.23. The minimum Gasteiger partial charge on any atom is -0.444 e. The van der Waals surface area contributed by atoms with E-state index in [1.54, 1.807) is 20.8 Å². The van der Waals surface area contributed by atoms with Crippen LogP contribution in [0.4, 0.5) is 4.79 Å².